The second-order valence-corrected chi connectivity index (χ2v) is 5.76. The molecular weight excluding hydrogens is 330 g/mol. The van der Waals surface area contributed by atoms with Crippen LogP contribution in [-0.2, 0) is 4.79 Å². The van der Waals surface area contributed by atoms with Gasteiger partial charge in [0, 0.05) is 19.5 Å². The third kappa shape index (κ3) is 6.02. The summed E-state index contributed by atoms with van der Waals surface area (Å²) in [5, 5.41) is 5.77. The summed E-state index contributed by atoms with van der Waals surface area (Å²) in [6.07, 6.45) is 0.868. The third-order valence-electron chi connectivity index (χ3n) is 3.68. The fourth-order valence-electron chi connectivity index (χ4n) is 2.32. The van der Waals surface area contributed by atoms with Crippen molar-refractivity contribution in [1.29, 1.82) is 0 Å². The van der Waals surface area contributed by atoms with E-state index in [1.807, 2.05) is 0 Å². The zero-order valence-corrected chi connectivity index (χ0v) is 15.5. The average molecular weight is 356 g/mol. The van der Waals surface area contributed by atoms with Crippen LogP contribution in [-0.4, -0.2) is 50.0 Å². The molecule has 1 rings (SSSR count). The van der Waals surface area contributed by atoms with Crippen molar-refractivity contribution in [1.82, 2.24) is 10.2 Å². The molecule has 1 aromatic carbocycles. The number of halogens is 1. The topological polar surface area (TPSA) is 70.7 Å². The highest BCUT2D eigenvalue weighted by Crippen LogP contribution is 2.31. The summed E-state index contributed by atoms with van der Waals surface area (Å²) in [4.78, 5) is 25.8. The van der Waals surface area contributed by atoms with Crippen LogP contribution in [0.25, 0.3) is 0 Å². The van der Waals surface area contributed by atoms with Gasteiger partial charge in [-0.25, -0.2) is 0 Å². The number of rotatable bonds is 9. The van der Waals surface area contributed by atoms with Crippen LogP contribution in [0.4, 0.5) is 5.69 Å². The fourth-order valence-corrected chi connectivity index (χ4v) is 2.54. The van der Waals surface area contributed by atoms with Crippen molar-refractivity contribution < 1.29 is 14.3 Å². The van der Waals surface area contributed by atoms with E-state index >= 15 is 0 Å². The average Bonchev–Trinajstić information content (AvgIpc) is 2.55. The van der Waals surface area contributed by atoms with Gasteiger partial charge in [0.1, 0.15) is 5.75 Å². The Morgan fingerprint density at radius 1 is 1.25 bits per heavy atom. The Morgan fingerprint density at radius 3 is 2.46 bits per heavy atom. The molecule has 0 fully saturated rings. The van der Waals surface area contributed by atoms with E-state index in [4.69, 9.17) is 16.3 Å². The highest BCUT2D eigenvalue weighted by atomic mass is 35.5. The van der Waals surface area contributed by atoms with Gasteiger partial charge in [-0.3, -0.25) is 9.59 Å². The Hall–Kier alpha value is -1.79. The van der Waals surface area contributed by atoms with Gasteiger partial charge in [0.2, 0.25) is 5.91 Å². The quantitative estimate of drug-likeness (QED) is 0.668. The van der Waals surface area contributed by atoms with Crippen molar-refractivity contribution >= 4 is 29.1 Å². The Balaban J connectivity index is 2.72. The van der Waals surface area contributed by atoms with Crippen LogP contribution in [0.15, 0.2) is 12.1 Å². The number of ether oxygens (including phenoxy) is 1. The molecule has 0 bridgehead atoms. The number of benzene rings is 1. The summed E-state index contributed by atoms with van der Waals surface area (Å²) in [5.74, 6) is -0.125. The zero-order valence-electron chi connectivity index (χ0n) is 14.7. The minimum Gasteiger partial charge on any atom is -0.496 e. The van der Waals surface area contributed by atoms with Crippen LogP contribution in [0.5, 0.6) is 5.75 Å². The Bertz CT molecular complexity index is 574. The molecule has 2 N–H and O–H groups in total. The third-order valence-corrected chi connectivity index (χ3v) is 3.99. The molecule has 1 aromatic rings. The van der Waals surface area contributed by atoms with E-state index in [0.717, 1.165) is 26.1 Å². The summed E-state index contributed by atoms with van der Waals surface area (Å²) in [6.45, 7) is 9.13. The number of amides is 2. The second-order valence-electron chi connectivity index (χ2n) is 5.35. The second kappa shape index (κ2) is 10.2. The number of anilines is 1. The van der Waals surface area contributed by atoms with E-state index < -0.39 is 0 Å². The molecule has 0 aliphatic rings. The van der Waals surface area contributed by atoms with Crippen LogP contribution >= 0.6 is 11.6 Å². The van der Waals surface area contributed by atoms with Gasteiger partial charge in [-0.15, -0.1) is 0 Å². The van der Waals surface area contributed by atoms with E-state index in [0.29, 0.717) is 28.6 Å². The molecular formula is C17H26ClN3O3. The largest absolute Gasteiger partial charge is 0.496 e. The van der Waals surface area contributed by atoms with E-state index in [2.05, 4.69) is 29.4 Å². The molecule has 0 spiro atoms. The van der Waals surface area contributed by atoms with Gasteiger partial charge in [-0.05, 0) is 32.1 Å². The first kappa shape index (κ1) is 20.3. The number of hydrogen-bond donors (Lipinski definition) is 2. The van der Waals surface area contributed by atoms with Gasteiger partial charge in [0.05, 0.1) is 23.4 Å². The SMILES string of the molecule is CCN(CC)CCCNC(=O)c1cc(Cl)c(NC(C)=O)cc1OC. The van der Waals surface area contributed by atoms with Crippen LogP contribution < -0.4 is 15.4 Å². The predicted molar refractivity (Wildman–Crippen MR) is 97.0 cm³/mol. The number of methoxy groups -OCH3 is 1. The highest BCUT2D eigenvalue weighted by molar-refractivity contribution is 6.34. The lowest BCUT2D eigenvalue weighted by molar-refractivity contribution is -0.114. The van der Waals surface area contributed by atoms with Gasteiger partial charge in [0.25, 0.3) is 5.91 Å². The molecule has 0 saturated carbocycles. The van der Waals surface area contributed by atoms with Crippen LogP contribution in [0.1, 0.15) is 37.6 Å². The van der Waals surface area contributed by atoms with E-state index in [9.17, 15) is 9.59 Å². The molecule has 0 aromatic heterocycles. The maximum atomic E-state index is 12.3. The van der Waals surface area contributed by atoms with Crippen LogP contribution in [0.2, 0.25) is 5.02 Å². The lowest BCUT2D eigenvalue weighted by Crippen LogP contribution is -2.30. The molecule has 7 heteroatoms. The molecule has 0 saturated heterocycles. The van der Waals surface area contributed by atoms with E-state index in [1.165, 1.54) is 20.1 Å². The monoisotopic (exact) mass is 355 g/mol. The maximum Gasteiger partial charge on any atom is 0.255 e. The van der Waals surface area contributed by atoms with Crippen molar-refractivity contribution in [3.63, 3.8) is 0 Å². The maximum absolute atomic E-state index is 12.3. The Kier molecular flexibility index (Phi) is 8.57. The zero-order chi connectivity index (χ0) is 18.1. The van der Waals surface area contributed by atoms with Crippen LogP contribution in [0, 0.1) is 0 Å². The van der Waals surface area contributed by atoms with Gasteiger partial charge in [-0.2, -0.15) is 0 Å². The fraction of sp³-hybridized carbons (Fsp3) is 0.529. The van der Waals surface area contributed by atoms with E-state index in [-0.39, 0.29) is 11.8 Å². The first-order valence-corrected chi connectivity index (χ1v) is 8.46. The summed E-state index contributed by atoms with van der Waals surface area (Å²) in [5.41, 5.74) is 0.763. The number of nitrogens with one attached hydrogen (secondary N) is 2. The molecule has 2 amide bonds. The summed E-state index contributed by atoms with van der Waals surface area (Å²) in [7, 11) is 1.47. The molecule has 6 nitrogen and oxygen atoms in total. The molecule has 0 aliphatic carbocycles. The normalized spacial score (nSPS) is 10.6. The van der Waals surface area contributed by atoms with E-state index in [1.54, 1.807) is 6.07 Å². The first-order valence-electron chi connectivity index (χ1n) is 8.08. The number of carbonyl (C=O) groups excluding carboxylic acids is 2. The molecule has 0 unspecified atom stereocenters. The van der Waals surface area contributed by atoms with Crippen molar-refractivity contribution in [3.8, 4) is 5.75 Å². The van der Waals surface area contributed by atoms with Gasteiger partial charge in [0.15, 0.2) is 0 Å². The van der Waals surface area contributed by atoms with Crippen LogP contribution in [0.3, 0.4) is 0 Å². The lowest BCUT2D eigenvalue weighted by Gasteiger charge is -2.18. The molecule has 134 valence electrons. The lowest BCUT2D eigenvalue weighted by atomic mass is 10.1. The van der Waals surface area contributed by atoms with Crippen molar-refractivity contribution in [2.45, 2.75) is 27.2 Å². The minimum atomic E-state index is -0.248. The Labute approximate surface area is 148 Å². The standard InChI is InChI=1S/C17H26ClN3O3/c1-5-21(6-2)9-7-8-19-17(23)13-10-14(18)15(20-12(3)22)11-16(13)24-4/h10-11H,5-9H2,1-4H3,(H,19,23)(H,20,22). The summed E-state index contributed by atoms with van der Waals surface area (Å²) < 4.78 is 5.24. The van der Waals surface area contributed by atoms with Gasteiger partial charge < -0.3 is 20.3 Å². The first-order chi connectivity index (χ1) is 11.4. The number of carbonyl (C=O) groups is 2. The van der Waals surface area contributed by atoms with Crippen molar-refractivity contribution in [2.75, 3.05) is 38.6 Å². The molecule has 0 radical (unpaired) electrons. The summed E-state index contributed by atoms with van der Waals surface area (Å²) >= 11 is 6.13. The number of hydrogen-bond acceptors (Lipinski definition) is 4. The minimum absolute atomic E-state index is 0.243. The smallest absolute Gasteiger partial charge is 0.255 e. The molecule has 0 aliphatic heterocycles. The molecule has 24 heavy (non-hydrogen) atoms. The van der Waals surface area contributed by atoms with Gasteiger partial charge in [-0.1, -0.05) is 25.4 Å². The number of nitrogens with zero attached hydrogens (tertiary/aromatic N) is 1. The predicted octanol–water partition coefficient (Wildman–Crippen LogP) is 2.77. The Morgan fingerprint density at radius 2 is 1.92 bits per heavy atom. The molecule has 0 heterocycles. The molecule has 0 atom stereocenters. The highest BCUT2D eigenvalue weighted by Gasteiger charge is 2.16. The van der Waals surface area contributed by atoms with Crippen molar-refractivity contribution in [2.24, 2.45) is 0 Å². The summed E-state index contributed by atoms with van der Waals surface area (Å²) in [6, 6.07) is 3.06. The van der Waals surface area contributed by atoms with Crippen molar-refractivity contribution in [3.05, 3.63) is 22.7 Å². The van der Waals surface area contributed by atoms with Gasteiger partial charge >= 0.3 is 0 Å².